The van der Waals surface area contributed by atoms with Gasteiger partial charge >= 0.3 is 0 Å². The van der Waals surface area contributed by atoms with Crippen LogP contribution in [0.3, 0.4) is 0 Å². The zero-order valence-electron chi connectivity index (χ0n) is 13.2. The molecule has 1 saturated heterocycles. The Morgan fingerprint density at radius 1 is 1.17 bits per heavy atom. The van der Waals surface area contributed by atoms with Crippen LogP contribution in [0.25, 0.3) is 0 Å². The van der Waals surface area contributed by atoms with Crippen LogP contribution < -0.4 is 0 Å². The van der Waals surface area contributed by atoms with Crippen LogP contribution in [0.2, 0.25) is 0 Å². The summed E-state index contributed by atoms with van der Waals surface area (Å²) in [6.45, 7) is 1.57. The fourth-order valence-corrected chi connectivity index (χ4v) is 4.49. The van der Waals surface area contributed by atoms with Gasteiger partial charge in [-0.15, -0.1) is 11.8 Å². The molecule has 0 N–H and O–H groups in total. The third-order valence-corrected chi connectivity index (χ3v) is 6.14. The van der Waals surface area contributed by atoms with Gasteiger partial charge < -0.3 is 4.90 Å². The van der Waals surface area contributed by atoms with E-state index >= 15 is 0 Å². The van der Waals surface area contributed by atoms with Gasteiger partial charge in [0.2, 0.25) is 11.8 Å². The molecule has 0 bridgehead atoms. The highest BCUT2D eigenvalue weighted by Crippen LogP contribution is 2.37. The van der Waals surface area contributed by atoms with E-state index in [2.05, 4.69) is 12.1 Å². The number of likely N-dealkylation sites (tertiary alicyclic amines) is 1. The third kappa shape index (κ3) is 4.46. The predicted molar refractivity (Wildman–Crippen MR) is 88.8 cm³/mol. The zero-order valence-corrected chi connectivity index (χ0v) is 14.0. The summed E-state index contributed by atoms with van der Waals surface area (Å²) >= 11 is 1.83. The summed E-state index contributed by atoms with van der Waals surface area (Å²) in [6, 6.07) is 10.3. The number of halogens is 2. The molecule has 3 rings (SSSR count). The van der Waals surface area contributed by atoms with E-state index < -0.39 is 5.92 Å². The fraction of sp³-hybridized carbons (Fsp3) is 0.611. The number of nitrogens with zero attached hydrogens (tertiary/aromatic N) is 1. The first kappa shape index (κ1) is 16.7. The summed E-state index contributed by atoms with van der Waals surface area (Å²) in [6.07, 6.45) is 1.43. The number of carbonyl (C=O) groups is 1. The molecule has 1 heterocycles. The van der Waals surface area contributed by atoms with Crippen LogP contribution in [0, 0.1) is 11.8 Å². The zero-order chi connectivity index (χ0) is 16.3. The summed E-state index contributed by atoms with van der Waals surface area (Å²) in [5, 5.41) is 0. The lowest BCUT2D eigenvalue weighted by Crippen LogP contribution is -2.38. The van der Waals surface area contributed by atoms with Crippen LogP contribution in [-0.2, 0) is 4.79 Å². The van der Waals surface area contributed by atoms with Gasteiger partial charge in [-0.1, -0.05) is 18.2 Å². The molecule has 1 saturated carbocycles. The molecule has 1 aliphatic heterocycles. The average molecular weight is 339 g/mol. The number of alkyl halides is 2. The molecule has 23 heavy (non-hydrogen) atoms. The smallest absolute Gasteiger partial charge is 0.248 e. The summed E-state index contributed by atoms with van der Waals surface area (Å²) < 4.78 is 26.4. The maximum Gasteiger partial charge on any atom is 0.248 e. The van der Waals surface area contributed by atoms with Crippen LogP contribution in [0.15, 0.2) is 35.2 Å². The van der Waals surface area contributed by atoms with Gasteiger partial charge in [0.05, 0.1) is 0 Å². The van der Waals surface area contributed by atoms with E-state index in [1.54, 1.807) is 0 Å². The molecular formula is C18H23F2NOS. The van der Waals surface area contributed by atoms with Gasteiger partial charge in [-0.25, -0.2) is 8.78 Å². The molecule has 1 aromatic rings. The Bertz CT molecular complexity index is 527. The summed E-state index contributed by atoms with van der Waals surface area (Å²) in [5.41, 5.74) is 0. The van der Waals surface area contributed by atoms with Gasteiger partial charge in [0, 0.05) is 42.5 Å². The first-order valence-corrected chi connectivity index (χ1v) is 9.36. The first-order chi connectivity index (χ1) is 11.0. The van der Waals surface area contributed by atoms with E-state index in [1.807, 2.05) is 34.9 Å². The summed E-state index contributed by atoms with van der Waals surface area (Å²) in [5.74, 6) is -1.12. The monoisotopic (exact) mass is 339 g/mol. The van der Waals surface area contributed by atoms with Crippen molar-refractivity contribution >= 4 is 17.7 Å². The molecule has 2 fully saturated rings. The topological polar surface area (TPSA) is 20.3 Å². The molecule has 1 atom stereocenters. The van der Waals surface area contributed by atoms with Gasteiger partial charge in [0.15, 0.2) is 0 Å². The maximum atomic E-state index is 13.2. The molecule has 2 aliphatic rings. The third-order valence-electron chi connectivity index (χ3n) is 4.89. The molecule has 0 radical (unpaired) electrons. The molecule has 1 aromatic carbocycles. The Labute approximate surface area is 140 Å². The quantitative estimate of drug-likeness (QED) is 0.755. The normalized spacial score (nSPS) is 24.8. The number of thioether (sulfide) groups is 1. The molecule has 0 aromatic heterocycles. The lowest BCUT2D eigenvalue weighted by molar-refractivity contribution is -0.138. The molecular weight excluding hydrogens is 316 g/mol. The highest BCUT2D eigenvalue weighted by Gasteiger charge is 2.39. The molecule has 0 unspecified atom stereocenters. The van der Waals surface area contributed by atoms with Crippen molar-refractivity contribution in [3.8, 4) is 0 Å². The highest BCUT2D eigenvalue weighted by atomic mass is 32.2. The number of hydrogen-bond donors (Lipinski definition) is 0. The van der Waals surface area contributed by atoms with Crippen LogP contribution in [0.4, 0.5) is 8.78 Å². The SMILES string of the molecule is O=C(C1CCC(F)(F)CC1)N1CC[C@@H](CSc2ccccc2)C1. The second kappa shape index (κ2) is 7.20. The number of amides is 1. The van der Waals surface area contributed by atoms with E-state index in [0.29, 0.717) is 18.8 Å². The standard InChI is InChI=1S/C18H23F2NOS/c19-18(20)9-6-15(7-10-18)17(22)21-11-8-14(12-21)13-23-16-4-2-1-3-5-16/h1-5,14-15H,6-13H2/t14-/m1/s1. The molecule has 1 amide bonds. The number of hydrogen-bond acceptors (Lipinski definition) is 2. The minimum atomic E-state index is -2.56. The lowest BCUT2D eigenvalue weighted by atomic mass is 9.86. The fourth-order valence-electron chi connectivity index (χ4n) is 3.44. The van der Waals surface area contributed by atoms with Crippen molar-refractivity contribution < 1.29 is 13.6 Å². The van der Waals surface area contributed by atoms with Gasteiger partial charge in [0.25, 0.3) is 0 Å². The maximum absolute atomic E-state index is 13.2. The predicted octanol–water partition coefficient (Wildman–Crippen LogP) is 4.45. The first-order valence-electron chi connectivity index (χ1n) is 8.38. The second-order valence-electron chi connectivity index (χ2n) is 6.69. The van der Waals surface area contributed by atoms with Crippen LogP contribution in [0.5, 0.6) is 0 Å². The van der Waals surface area contributed by atoms with Crippen LogP contribution in [0.1, 0.15) is 32.1 Å². The minimum Gasteiger partial charge on any atom is -0.342 e. The van der Waals surface area contributed by atoms with Gasteiger partial charge in [-0.3, -0.25) is 4.79 Å². The van der Waals surface area contributed by atoms with Crippen molar-refractivity contribution in [2.45, 2.75) is 42.9 Å². The van der Waals surface area contributed by atoms with Crippen LogP contribution >= 0.6 is 11.8 Å². The molecule has 1 aliphatic carbocycles. The Morgan fingerprint density at radius 2 is 1.87 bits per heavy atom. The number of carbonyl (C=O) groups excluding carboxylic acids is 1. The van der Waals surface area contributed by atoms with Crippen molar-refractivity contribution in [3.63, 3.8) is 0 Å². The minimum absolute atomic E-state index is 0.104. The average Bonchev–Trinajstić information content (AvgIpc) is 3.02. The molecule has 126 valence electrons. The van der Waals surface area contributed by atoms with E-state index in [1.165, 1.54) is 4.90 Å². The largest absolute Gasteiger partial charge is 0.342 e. The Morgan fingerprint density at radius 3 is 2.57 bits per heavy atom. The highest BCUT2D eigenvalue weighted by molar-refractivity contribution is 7.99. The van der Waals surface area contributed by atoms with E-state index in [4.69, 9.17) is 0 Å². The van der Waals surface area contributed by atoms with Crippen LogP contribution in [-0.4, -0.2) is 35.6 Å². The van der Waals surface area contributed by atoms with E-state index in [-0.39, 0.29) is 24.7 Å². The Kier molecular flexibility index (Phi) is 5.24. The summed E-state index contributed by atoms with van der Waals surface area (Å²) in [7, 11) is 0. The van der Waals surface area contributed by atoms with Gasteiger partial charge in [-0.05, 0) is 37.3 Å². The van der Waals surface area contributed by atoms with Gasteiger partial charge in [0.1, 0.15) is 0 Å². The van der Waals surface area contributed by atoms with Crippen molar-refractivity contribution in [3.05, 3.63) is 30.3 Å². The molecule has 0 spiro atoms. The Balaban J connectivity index is 1.45. The van der Waals surface area contributed by atoms with E-state index in [9.17, 15) is 13.6 Å². The number of benzene rings is 1. The number of rotatable bonds is 4. The lowest BCUT2D eigenvalue weighted by Gasteiger charge is -2.30. The second-order valence-corrected chi connectivity index (χ2v) is 7.79. The summed E-state index contributed by atoms with van der Waals surface area (Å²) in [4.78, 5) is 15.7. The van der Waals surface area contributed by atoms with Crippen molar-refractivity contribution in [1.82, 2.24) is 4.90 Å². The van der Waals surface area contributed by atoms with E-state index in [0.717, 1.165) is 25.3 Å². The van der Waals surface area contributed by atoms with Crippen molar-refractivity contribution in [2.75, 3.05) is 18.8 Å². The van der Waals surface area contributed by atoms with Gasteiger partial charge in [-0.2, -0.15) is 0 Å². The van der Waals surface area contributed by atoms with Crippen molar-refractivity contribution in [2.24, 2.45) is 11.8 Å². The van der Waals surface area contributed by atoms with Crippen molar-refractivity contribution in [1.29, 1.82) is 0 Å². The molecule has 2 nitrogen and oxygen atoms in total. The molecule has 5 heteroatoms. The Hall–Kier alpha value is -1.10.